The van der Waals surface area contributed by atoms with Crippen molar-refractivity contribution in [3.8, 4) is 0 Å². The van der Waals surface area contributed by atoms with Crippen LogP contribution in [0.5, 0.6) is 0 Å². The molecule has 3 aromatic carbocycles. The number of nitrogens with zero attached hydrogens (tertiary/aromatic N) is 1. The van der Waals surface area contributed by atoms with Crippen molar-refractivity contribution in [3.05, 3.63) is 124 Å². The summed E-state index contributed by atoms with van der Waals surface area (Å²) in [7, 11) is -4.94. The molecular formula is C25H20ClNO4S. The van der Waals surface area contributed by atoms with Crippen LogP contribution in [0.15, 0.2) is 96.5 Å². The molecular weight excluding hydrogens is 446 g/mol. The first-order valence-corrected chi connectivity index (χ1v) is 12.3. The van der Waals surface area contributed by atoms with E-state index in [-0.39, 0.29) is 5.41 Å². The van der Waals surface area contributed by atoms with Crippen LogP contribution in [0.3, 0.4) is 0 Å². The monoisotopic (exact) mass is 465 g/mol. The van der Waals surface area contributed by atoms with Crippen LogP contribution in [0.25, 0.3) is 0 Å². The van der Waals surface area contributed by atoms with E-state index in [0.717, 1.165) is 6.42 Å². The standard InChI is InChI=1S/C25H20NS.ClHO4/c1-3-9-18(10-4-1)25(19-11-5-2-6-12-19)17-22-20-13-7-8-14-21(20)23(25)24-26(22)15-16-27-24;2-1(3,4)5/h1-16,22-23H,17H2;(H,2,3,4,5)/q+1;/p-1. The van der Waals surface area contributed by atoms with E-state index in [1.165, 1.54) is 27.3 Å². The fraction of sp³-hybridized carbons (Fsp3) is 0.160. The first-order chi connectivity index (χ1) is 15.4. The number of thiazole rings is 1. The molecule has 0 spiro atoms. The topological polar surface area (TPSA) is 96.1 Å². The van der Waals surface area contributed by atoms with Gasteiger partial charge in [0.25, 0.3) is 0 Å². The highest BCUT2D eigenvalue weighted by atomic mass is 35.7. The molecule has 2 atom stereocenters. The van der Waals surface area contributed by atoms with Crippen molar-refractivity contribution < 1.29 is 33.4 Å². The minimum atomic E-state index is -4.94. The lowest BCUT2D eigenvalue weighted by Gasteiger charge is -2.49. The molecule has 0 N–H and O–H groups in total. The maximum atomic E-state index is 8.49. The molecule has 2 bridgehead atoms. The Bertz CT molecular complexity index is 1180. The Balaban J connectivity index is 0.000000393. The number of halogens is 1. The third kappa shape index (κ3) is 3.55. The Kier molecular flexibility index (Phi) is 5.37. The van der Waals surface area contributed by atoms with Gasteiger partial charge in [0, 0.05) is 17.4 Å². The Hall–Kier alpha value is -2.58. The largest absolute Gasteiger partial charge is 0.246 e. The lowest BCUT2D eigenvalue weighted by molar-refractivity contribution is -2.00. The SMILES string of the molecule is [O-][Cl+3]([O-])([O-])[O-].c1ccc(C2(c3ccccc3)CC3c4ccccc4C2c2scc[n+]23)cc1. The van der Waals surface area contributed by atoms with Gasteiger partial charge in [-0.1, -0.05) is 96.3 Å². The fourth-order valence-corrected chi connectivity index (χ4v) is 6.55. The second-order valence-electron chi connectivity index (χ2n) is 8.01. The number of hydrogen-bond donors (Lipinski definition) is 0. The Morgan fingerprint density at radius 1 is 0.750 bits per heavy atom. The lowest BCUT2D eigenvalue weighted by atomic mass is 9.54. The summed E-state index contributed by atoms with van der Waals surface area (Å²) in [6.45, 7) is 0. The fourth-order valence-electron chi connectivity index (χ4n) is 5.45. The van der Waals surface area contributed by atoms with Crippen molar-refractivity contribution in [2.75, 3.05) is 0 Å². The molecule has 0 saturated carbocycles. The molecule has 0 saturated heterocycles. The predicted molar refractivity (Wildman–Crippen MR) is 109 cm³/mol. The number of hydrogen-bond acceptors (Lipinski definition) is 5. The number of fused-ring (bicyclic) bond motifs is 1. The molecule has 0 amide bonds. The molecule has 3 heterocycles. The summed E-state index contributed by atoms with van der Waals surface area (Å²) in [6, 6.07) is 31.8. The maximum absolute atomic E-state index is 8.49. The molecule has 7 heteroatoms. The van der Waals surface area contributed by atoms with E-state index in [4.69, 9.17) is 18.6 Å². The second-order valence-corrected chi connectivity index (χ2v) is 9.69. The molecule has 2 aliphatic heterocycles. The Morgan fingerprint density at radius 2 is 1.25 bits per heavy atom. The summed E-state index contributed by atoms with van der Waals surface area (Å²) in [4.78, 5) is 0. The van der Waals surface area contributed by atoms with Crippen LogP contribution in [-0.2, 0) is 5.41 Å². The lowest BCUT2D eigenvalue weighted by Crippen LogP contribution is -2.68. The van der Waals surface area contributed by atoms with E-state index in [1.54, 1.807) is 0 Å². The van der Waals surface area contributed by atoms with E-state index in [0.29, 0.717) is 12.0 Å². The van der Waals surface area contributed by atoms with Gasteiger partial charge in [-0.3, -0.25) is 0 Å². The molecule has 162 valence electrons. The first kappa shape index (κ1) is 21.3. The average molecular weight is 466 g/mol. The highest BCUT2D eigenvalue weighted by Crippen LogP contribution is 2.60. The van der Waals surface area contributed by atoms with Gasteiger partial charge in [-0.25, -0.2) is 18.6 Å². The summed E-state index contributed by atoms with van der Waals surface area (Å²) in [5.41, 5.74) is 5.84. The van der Waals surface area contributed by atoms with Crippen molar-refractivity contribution in [1.29, 1.82) is 0 Å². The van der Waals surface area contributed by atoms with Gasteiger partial charge in [-0.2, -0.15) is 4.57 Å². The Labute approximate surface area is 192 Å². The molecule has 32 heavy (non-hydrogen) atoms. The molecule has 2 unspecified atom stereocenters. The smallest absolute Gasteiger partial charge is 0.222 e. The van der Waals surface area contributed by atoms with Crippen molar-refractivity contribution in [2.24, 2.45) is 0 Å². The second kappa shape index (κ2) is 8.08. The van der Waals surface area contributed by atoms with Gasteiger partial charge >= 0.3 is 0 Å². The first-order valence-electron chi connectivity index (χ1n) is 10.2. The van der Waals surface area contributed by atoms with Crippen LogP contribution >= 0.6 is 11.3 Å². The molecule has 4 aromatic rings. The maximum Gasteiger partial charge on any atom is 0.246 e. The minimum Gasteiger partial charge on any atom is -0.222 e. The van der Waals surface area contributed by atoms with Crippen LogP contribution in [0, 0.1) is 10.2 Å². The van der Waals surface area contributed by atoms with Crippen molar-refractivity contribution in [3.63, 3.8) is 0 Å². The third-order valence-electron chi connectivity index (χ3n) is 6.50. The molecule has 7 rings (SSSR count). The van der Waals surface area contributed by atoms with Crippen molar-refractivity contribution in [1.82, 2.24) is 0 Å². The summed E-state index contributed by atoms with van der Waals surface area (Å²) < 4.78 is 36.5. The summed E-state index contributed by atoms with van der Waals surface area (Å²) >= 11 is 1.91. The highest BCUT2D eigenvalue weighted by Gasteiger charge is 2.59. The highest BCUT2D eigenvalue weighted by molar-refractivity contribution is 7.09. The van der Waals surface area contributed by atoms with Crippen LogP contribution in [0.2, 0.25) is 0 Å². The zero-order valence-corrected chi connectivity index (χ0v) is 18.5. The zero-order chi connectivity index (χ0) is 22.3. The molecule has 0 radical (unpaired) electrons. The van der Waals surface area contributed by atoms with Gasteiger partial charge in [-0.15, -0.1) is 10.2 Å². The van der Waals surface area contributed by atoms with Crippen LogP contribution in [-0.4, -0.2) is 0 Å². The van der Waals surface area contributed by atoms with E-state index in [9.17, 15) is 0 Å². The molecule has 1 aromatic heterocycles. The Morgan fingerprint density at radius 3 is 1.81 bits per heavy atom. The van der Waals surface area contributed by atoms with E-state index >= 15 is 0 Å². The van der Waals surface area contributed by atoms with E-state index in [2.05, 4.69) is 101 Å². The predicted octanol–water partition coefficient (Wildman–Crippen LogP) is 0.704. The normalized spacial score (nSPS) is 20.0. The van der Waals surface area contributed by atoms with Gasteiger partial charge in [0.1, 0.15) is 0 Å². The zero-order valence-electron chi connectivity index (χ0n) is 17.0. The van der Waals surface area contributed by atoms with Gasteiger partial charge < -0.3 is 0 Å². The van der Waals surface area contributed by atoms with Gasteiger partial charge in [0.05, 0.1) is 11.3 Å². The average Bonchev–Trinajstić information content (AvgIpc) is 3.30. The molecule has 3 aliphatic rings. The van der Waals surface area contributed by atoms with Crippen LogP contribution < -0.4 is 23.2 Å². The number of rotatable bonds is 2. The minimum absolute atomic E-state index is 0.0214. The molecule has 1 aliphatic carbocycles. The summed E-state index contributed by atoms with van der Waals surface area (Å²) in [6.07, 6.45) is 3.39. The van der Waals surface area contributed by atoms with Gasteiger partial charge in [-0.05, 0) is 16.7 Å². The van der Waals surface area contributed by atoms with E-state index < -0.39 is 10.2 Å². The number of benzene rings is 3. The number of aromatic nitrogens is 1. The van der Waals surface area contributed by atoms with Crippen LogP contribution in [0.1, 0.15) is 45.6 Å². The van der Waals surface area contributed by atoms with E-state index in [1.807, 2.05) is 11.3 Å². The van der Waals surface area contributed by atoms with Crippen molar-refractivity contribution in [2.45, 2.75) is 23.8 Å². The molecule has 5 nitrogen and oxygen atoms in total. The van der Waals surface area contributed by atoms with Gasteiger partial charge in [0.2, 0.25) is 5.01 Å². The summed E-state index contributed by atoms with van der Waals surface area (Å²) in [5.74, 6) is 0.350. The quantitative estimate of drug-likeness (QED) is 0.407. The summed E-state index contributed by atoms with van der Waals surface area (Å²) in [5, 5.41) is 3.74. The van der Waals surface area contributed by atoms with Gasteiger partial charge in [0.15, 0.2) is 12.2 Å². The molecule has 0 fully saturated rings. The van der Waals surface area contributed by atoms with Crippen molar-refractivity contribution >= 4 is 11.3 Å². The third-order valence-corrected chi connectivity index (χ3v) is 7.45. The van der Waals surface area contributed by atoms with Crippen LogP contribution in [0.4, 0.5) is 0 Å².